The Labute approximate surface area is 70.8 Å². The SMILES string of the molecule is CC1CCC(C)(C)CN(C)C1. The van der Waals surface area contributed by atoms with Crippen LogP contribution in [0.1, 0.15) is 33.6 Å². The van der Waals surface area contributed by atoms with Gasteiger partial charge in [0.15, 0.2) is 0 Å². The fraction of sp³-hybridized carbons (Fsp3) is 1.00. The minimum atomic E-state index is 0.541. The second-order valence-electron chi connectivity index (χ2n) is 5.00. The standard InChI is InChI=1S/C10H21N/c1-9-5-6-10(2,3)8-11(4)7-9/h9H,5-8H2,1-4H3. The molecule has 1 heterocycles. The fourth-order valence-electron chi connectivity index (χ4n) is 2.13. The van der Waals surface area contributed by atoms with Crippen molar-refractivity contribution in [2.45, 2.75) is 33.6 Å². The van der Waals surface area contributed by atoms with Crippen LogP contribution in [0.4, 0.5) is 0 Å². The molecular formula is C10H21N. The minimum absolute atomic E-state index is 0.541. The summed E-state index contributed by atoms with van der Waals surface area (Å²) in [5, 5.41) is 0. The van der Waals surface area contributed by atoms with E-state index in [0.717, 1.165) is 5.92 Å². The van der Waals surface area contributed by atoms with E-state index in [0.29, 0.717) is 5.41 Å². The molecule has 0 aromatic carbocycles. The first-order chi connectivity index (χ1) is 4.99. The fourth-order valence-corrected chi connectivity index (χ4v) is 2.13. The molecule has 1 unspecified atom stereocenters. The summed E-state index contributed by atoms with van der Waals surface area (Å²) in [6.45, 7) is 9.65. The zero-order chi connectivity index (χ0) is 8.48. The molecule has 0 saturated carbocycles. The van der Waals surface area contributed by atoms with E-state index < -0.39 is 0 Å². The molecule has 66 valence electrons. The third kappa shape index (κ3) is 2.82. The van der Waals surface area contributed by atoms with Crippen LogP contribution in [0.15, 0.2) is 0 Å². The van der Waals surface area contributed by atoms with Crippen LogP contribution in [0.25, 0.3) is 0 Å². The molecule has 1 aliphatic heterocycles. The highest BCUT2D eigenvalue weighted by molar-refractivity contribution is 4.78. The van der Waals surface area contributed by atoms with Gasteiger partial charge in [-0.1, -0.05) is 20.8 Å². The molecule has 11 heavy (non-hydrogen) atoms. The van der Waals surface area contributed by atoms with Crippen LogP contribution < -0.4 is 0 Å². The molecule has 1 heteroatoms. The van der Waals surface area contributed by atoms with E-state index in [9.17, 15) is 0 Å². The molecule has 1 aliphatic rings. The number of nitrogens with zero attached hydrogens (tertiary/aromatic N) is 1. The van der Waals surface area contributed by atoms with Gasteiger partial charge in [-0.25, -0.2) is 0 Å². The Morgan fingerprint density at radius 1 is 1.36 bits per heavy atom. The summed E-state index contributed by atoms with van der Waals surface area (Å²) in [5.41, 5.74) is 0.541. The van der Waals surface area contributed by atoms with Gasteiger partial charge in [0, 0.05) is 13.1 Å². The molecule has 1 nitrogen and oxygen atoms in total. The first-order valence-electron chi connectivity index (χ1n) is 4.68. The van der Waals surface area contributed by atoms with Crippen molar-refractivity contribution < 1.29 is 0 Å². The van der Waals surface area contributed by atoms with Gasteiger partial charge >= 0.3 is 0 Å². The molecule has 1 fully saturated rings. The largest absolute Gasteiger partial charge is 0.306 e. The maximum absolute atomic E-state index is 2.47. The highest BCUT2D eigenvalue weighted by atomic mass is 15.1. The summed E-state index contributed by atoms with van der Waals surface area (Å²) in [6.07, 6.45) is 2.79. The topological polar surface area (TPSA) is 3.24 Å². The van der Waals surface area contributed by atoms with E-state index in [1.54, 1.807) is 0 Å². The van der Waals surface area contributed by atoms with Gasteiger partial charge in [0.25, 0.3) is 0 Å². The van der Waals surface area contributed by atoms with Crippen molar-refractivity contribution in [2.75, 3.05) is 20.1 Å². The van der Waals surface area contributed by atoms with E-state index in [-0.39, 0.29) is 0 Å². The zero-order valence-corrected chi connectivity index (χ0v) is 8.35. The highest BCUT2D eigenvalue weighted by Gasteiger charge is 2.25. The van der Waals surface area contributed by atoms with Gasteiger partial charge in [0.2, 0.25) is 0 Å². The Kier molecular flexibility index (Phi) is 2.58. The van der Waals surface area contributed by atoms with Gasteiger partial charge < -0.3 is 4.90 Å². The second kappa shape index (κ2) is 3.14. The van der Waals surface area contributed by atoms with Crippen LogP contribution in [0, 0.1) is 11.3 Å². The van der Waals surface area contributed by atoms with E-state index in [1.165, 1.54) is 25.9 Å². The molecule has 0 radical (unpaired) electrons. The highest BCUT2D eigenvalue weighted by Crippen LogP contribution is 2.29. The molecule has 1 atom stereocenters. The second-order valence-corrected chi connectivity index (χ2v) is 5.00. The predicted molar refractivity (Wildman–Crippen MR) is 49.7 cm³/mol. The van der Waals surface area contributed by atoms with Crippen LogP contribution in [-0.4, -0.2) is 25.0 Å². The number of likely N-dealkylation sites (tertiary alicyclic amines) is 1. The predicted octanol–water partition coefficient (Wildman–Crippen LogP) is 2.37. The average molecular weight is 155 g/mol. The van der Waals surface area contributed by atoms with E-state index in [2.05, 4.69) is 32.7 Å². The lowest BCUT2D eigenvalue weighted by Gasteiger charge is -2.26. The average Bonchev–Trinajstić information content (AvgIpc) is 1.90. The summed E-state index contributed by atoms with van der Waals surface area (Å²) >= 11 is 0. The normalized spacial score (nSPS) is 33.3. The van der Waals surface area contributed by atoms with Crippen LogP contribution in [0.5, 0.6) is 0 Å². The Morgan fingerprint density at radius 2 is 2.00 bits per heavy atom. The summed E-state index contributed by atoms with van der Waals surface area (Å²) in [5.74, 6) is 0.891. The first-order valence-corrected chi connectivity index (χ1v) is 4.68. The third-order valence-corrected chi connectivity index (χ3v) is 2.64. The summed E-state index contributed by atoms with van der Waals surface area (Å²) < 4.78 is 0. The van der Waals surface area contributed by atoms with Crippen LogP contribution >= 0.6 is 0 Å². The summed E-state index contributed by atoms with van der Waals surface area (Å²) in [7, 11) is 2.24. The van der Waals surface area contributed by atoms with Gasteiger partial charge in [0.05, 0.1) is 0 Å². The lowest BCUT2D eigenvalue weighted by atomic mass is 9.87. The third-order valence-electron chi connectivity index (χ3n) is 2.64. The van der Waals surface area contributed by atoms with Crippen LogP contribution in [0.2, 0.25) is 0 Å². The van der Waals surface area contributed by atoms with Crippen molar-refractivity contribution in [3.8, 4) is 0 Å². The molecular weight excluding hydrogens is 134 g/mol. The van der Waals surface area contributed by atoms with Gasteiger partial charge in [-0.05, 0) is 31.2 Å². The van der Waals surface area contributed by atoms with Crippen molar-refractivity contribution in [2.24, 2.45) is 11.3 Å². The first kappa shape index (κ1) is 9.05. The van der Waals surface area contributed by atoms with Gasteiger partial charge in [-0.2, -0.15) is 0 Å². The quantitative estimate of drug-likeness (QED) is 0.519. The van der Waals surface area contributed by atoms with Gasteiger partial charge in [0.1, 0.15) is 0 Å². The number of rotatable bonds is 0. The lowest BCUT2D eigenvalue weighted by Crippen LogP contribution is -2.30. The Hall–Kier alpha value is -0.0400. The summed E-state index contributed by atoms with van der Waals surface area (Å²) in [4.78, 5) is 2.47. The molecule has 1 rings (SSSR count). The van der Waals surface area contributed by atoms with Crippen LogP contribution in [0.3, 0.4) is 0 Å². The minimum Gasteiger partial charge on any atom is -0.306 e. The number of hydrogen-bond acceptors (Lipinski definition) is 1. The van der Waals surface area contributed by atoms with Crippen molar-refractivity contribution in [3.05, 3.63) is 0 Å². The maximum atomic E-state index is 2.47. The Bertz CT molecular complexity index is 129. The van der Waals surface area contributed by atoms with Gasteiger partial charge in [-0.15, -0.1) is 0 Å². The Morgan fingerprint density at radius 3 is 2.64 bits per heavy atom. The molecule has 0 aromatic rings. The van der Waals surface area contributed by atoms with Crippen LogP contribution in [-0.2, 0) is 0 Å². The molecule has 0 aliphatic carbocycles. The van der Waals surface area contributed by atoms with Crippen molar-refractivity contribution in [1.82, 2.24) is 4.90 Å². The molecule has 1 saturated heterocycles. The molecule has 0 N–H and O–H groups in total. The van der Waals surface area contributed by atoms with Crippen molar-refractivity contribution in [1.29, 1.82) is 0 Å². The molecule has 0 spiro atoms. The van der Waals surface area contributed by atoms with Crippen molar-refractivity contribution >= 4 is 0 Å². The summed E-state index contributed by atoms with van der Waals surface area (Å²) in [6, 6.07) is 0. The smallest absolute Gasteiger partial charge is 0.00297 e. The maximum Gasteiger partial charge on any atom is 0.00297 e. The Balaban J connectivity index is 2.53. The van der Waals surface area contributed by atoms with E-state index >= 15 is 0 Å². The molecule has 0 amide bonds. The lowest BCUT2D eigenvalue weighted by molar-refractivity contribution is 0.224. The zero-order valence-electron chi connectivity index (χ0n) is 8.35. The van der Waals surface area contributed by atoms with E-state index in [1.807, 2.05) is 0 Å². The monoisotopic (exact) mass is 155 g/mol. The van der Waals surface area contributed by atoms with Gasteiger partial charge in [-0.3, -0.25) is 0 Å². The molecule has 0 aromatic heterocycles. The van der Waals surface area contributed by atoms with E-state index in [4.69, 9.17) is 0 Å². The number of hydrogen-bond donors (Lipinski definition) is 0. The molecule has 0 bridgehead atoms. The van der Waals surface area contributed by atoms with Crippen molar-refractivity contribution in [3.63, 3.8) is 0 Å².